The van der Waals surface area contributed by atoms with Crippen molar-refractivity contribution in [1.82, 2.24) is 5.06 Å². The average molecular weight is 379 g/mol. The maximum atomic E-state index is 13.2. The number of carbonyl (C=O) groups excluding carboxylic acids is 3. The Hall–Kier alpha value is -3.03. The first-order chi connectivity index (χ1) is 13.4. The lowest BCUT2D eigenvalue weighted by atomic mass is 9.89. The molecule has 0 aliphatic carbocycles. The first kappa shape index (κ1) is 18.3. The Bertz CT molecular complexity index is 959. The molecule has 0 bridgehead atoms. The number of anilines is 1. The van der Waals surface area contributed by atoms with Crippen LogP contribution in [-0.4, -0.2) is 35.4 Å². The summed E-state index contributed by atoms with van der Waals surface area (Å²) in [6, 6.07) is 14.0. The minimum absolute atomic E-state index is 0.198. The van der Waals surface area contributed by atoms with E-state index in [2.05, 4.69) is 0 Å². The molecule has 0 spiro atoms. The van der Waals surface area contributed by atoms with E-state index >= 15 is 0 Å². The maximum Gasteiger partial charge on any atom is 0.265 e. The zero-order chi connectivity index (χ0) is 20.0. The Morgan fingerprint density at radius 1 is 1.04 bits per heavy atom. The number of hydrogen-bond donors (Lipinski definition) is 1. The van der Waals surface area contributed by atoms with E-state index in [0.29, 0.717) is 5.69 Å². The summed E-state index contributed by atoms with van der Waals surface area (Å²) in [4.78, 5) is 44.7. The summed E-state index contributed by atoms with van der Waals surface area (Å²) in [5.41, 5.74) is 8.85. The van der Waals surface area contributed by atoms with Crippen molar-refractivity contribution >= 4 is 23.4 Å². The molecule has 2 saturated heterocycles. The molecule has 4 rings (SSSR count). The second-order valence-electron chi connectivity index (χ2n) is 7.23. The summed E-state index contributed by atoms with van der Waals surface area (Å²) in [5.74, 6) is -2.10. The van der Waals surface area contributed by atoms with Crippen LogP contribution in [0.4, 0.5) is 5.69 Å². The SMILES string of the molecule is Cc1ccc(C2C3C(=O)N(c4ccccc4)C(=O)C3ON2CC(N)=O)cc1C. The minimum Gasteiger partial charge on any atom is -0.368 e. The molecule has 28 heavy (non-hydrogen) atoms. The highest BCUT2D eigenvalue weighted by atomic mass is 16.7. The number of para-hydroxylation sites is 1. The summed E-state index contributed by atoms with van der Waals surface area (Å²) >= 11 is 0. The van der Waals surface area contributed by atoms with Crippen LogP contribution in [0.2, 0.25) is 0 Å². The molecule has 2 aromatic carbocycles. The summed E-state index contributed by atoms with van der Waals surface area (Å²) in [5, 5.41) is 1.37. The van der Waals surface area contributed by atoms with Gasteiger partial charge in [-0.05, 0) is 42.7 Å². The zero-order valence-electron chi connectivity index (χ0n) is 15.7. The quantitative estimate of drug-likeness (QED) is 0.815. The Morgan fingerprint density at radius 2 is 1.75 bits per heavy atom. The molecule has 3 amide bonds. The molecule has 2 aliphatic heterocycles. The molecular formula is C21H21N3O4. The van der Waals surface area contributed by atoms with Gasteiger partial charge in [-0.25, -0.2) is 4.90 Å². The highest BCUT2D eigenvalue weighted by Crippen LogP contribution is 2.45. The molecule has 3 atom stereocenters. The van der Waals surface area contributed by atoms with Crippen LogP contribution in [0.5, 0.6) is 0 Å². The molecule has 0 aromatic heterocycles. The van der Waals surface area contributed by atoms with Gasteiger partial charge in [-0.1, -0.05) is 36.4 Å². The number of rotatable bonds is 4. The van der Waals surface area contributed by atoms with E-state index in [-0.39, 0.29) is 12.5 Å². The van der Waals surface area contributed by atoms with Gasteiger partial charge in [0.15, 0.2) is 6.10 Å². The van der Waals surface area contributed by atoms with Gasteiger partial charge in [-0.15, -0.1) is 0 Å². The minimum atomic E-state index is -0.973. The number of hydroxylamine groups is 2. The fourth-order valence-corrected chi connectivity index (χ4v) is 3.91. The summed E-state index contributed by atoms with van der Waals surface area (Å²) in [7, 11) is 0. The third kappa shape index (κ3) is 2.89. The topological polar surface area (TPSA) is 92.9 Å². The molecule has 0 radical (unpaired) electrons. The van der Waals surface area contributed by atoms with Crippen molar-refractivity contribution in [1.29, 1.82) is 0 Å². The van der Waals surface area contributed by atoms with Crippen molar-refractivity contribution in [3.63, 3.8) is 0 Å². The second-order valence-corrected chi connectivity index (χ2v) is 7.23. The number of benzene rings is 2. The van der Waals surface area contributed by atoms with Gasteiger partial charge in [-0.2, -0.15) is 5.06 Å². The Morgan fingerprint density at radius 3 is 2.39 bits per heavy atom. The van der Waals surface area contributed by atoms with Crippen LogP contribution in [0.25, 0.3) is 0 Å². The predicted molar refractivity (Wildman–Crippen MR) is 102 cm³/mol. The smallest absolute Gasteiger partial charge is 0.265 e. The lowest BCUT2D eigenvalue weighted by molar-refractivity contribution is -0.175. The number of amides is 3. The first-order valence-corrected chi connectivity index (χ1v) is 9.10. The third-order valence-electron chi connectivity index (χ3n) is 5.39. The van der Waals surface area contributed by atoms with Crippen LogP contribution >= 0.6 is 0 Å². The van der Waals surface area contributed by atoms with Gasteiger partial charge in [-0.3, -0.25) is 19.2 Å². The molecule has 7 heteroatoms. The average Bonchev–Trinajstić information content (AvgIpc) is 3.13. The number of imide groups is 1. The molecule has 7 nitrogen and oxygen atoms in total. The van der Waals surface area contributed by atoms with Crippen LogP contribution in [0.3, 0.4) is 0 Å². The fourth-order valence-electron chi connectivity index (χ4n) is 3.91. The number of fused-ring (bicyclic) bond motifs is 1. The van der Waals surface area contributed by atoms with Crippen molar-refractivity contribution in [3.8, 4) is 0 Å². The number of carbonyl (C=O) groups is 3. The fraction of sp³-hybridized carbons (Fsp3) is 0.286. The number of nitrogens with two attached hydrogens (primary N) is 1. The molecule has 2 N–H and O–H groups in total. The third-order valence-corrected chi connectivity index (χ3v) is 5.39. The van der Waals surface area contributed by atoms with Gasteiger partial charge in [0.1, 0.15) is 6.54 Å². The van der Waals surface area contributed by atoms with Gasteiger partial charge in [0.25, 0.3) is 5.91 Å². The van der Waals surface area contributed by atoms with Gasteiger partial charge in [0.05, 0.1) is 17.6 Å². The lowest BCUT2D eigenvalue weighted by Gasteiger charge is -2.26. The highest BCUT2D eigenvalue weighted by Gasteiger charge is 2.60. The van der Waals surface area contributed by atoms with Gasteiger partial charge < -0.3 is 5.73 Å². The second kappa shape index (κ2) is 6.85. The van der Waals surface area contributed by atoms with Crippen LogP contribution in [0.15, 0.2) is 48.5 Å². The normalized spacial score (nSPS) is 24.6. The first-order valence-electron chi connectivity index (χ1n) is 9.10. The van der Waals surface area contributed by atoms with Crippen molar-refractivity contribution in [3.05, 3.63) is 65.2 Å². The summed E-state index contributed by atoms with van der Waals surface area (Å²) in [6.07, 6.45) is -0.973. The molecule has 2 fully saturated rings. The Kier molecular flexibility index (Phi) is 4.49. The van der Waals surface area contributed by atoms with E-state index < -0.39 is 29.9 Å². The Balaban J connectivity index is 1.76. The van der Waals surface area contributed by atoms with E-state index in [0.717, 1.165) is 16.7 Å². The highest BCUT2D eigenvalue weighted by molar-refractivity contribution is 6.23. The van der Waals surface area contributed by atoms with Gasteiger partial charge in [0, 0.05) is 0 Å². The van der Waals surface area contributed by atoms with E-state index in [9.17, 15) is 14.4 Å². The van der Waals surface area contributed by atoms with Crippen LogP contribution < -0.4 is 10.6 Å². The monoisotopic (exact) mass is 379 g/mol. The molecular weight excluding hydrogens is 358 g/mol. The standard InChI is InChI=1S/C21H21N3O4/c1-12-8-9-14(10-13(12)2)18-17-19(28-23(18)11-16(22)25)21(27)24(20(17)26)15-6-4-3-5-7-15/h3-10,17-19H,11H2,1-2H3,(H2,22,25). The number of nitrogens with zero attached hydrogens (tertiary/aromatic N) is 2. The lowest BCUT2D eigenvalue weighted by Crippen LogP contribution is -2.40. The van der Waals surface area contributed by atoms with Gasteiger partial charge in [0.2, 0.25) is 11.8 Å². The maximum absolute atomic E-state index is 13.2. The number of aryl methyl sites for hydroxylation is 2. The molecule has 0 saturated carbocycles. The molecule has 2 aromatic rings. The largest absolute Gasteiger partial charge is 0.368 e. The van der Waals surface area contributed by atoms with Crippen LogP contribution in [-0.2, 0) is 19.2 Å². The molecule has 3 unspecified atom stereocenters. The predicted octanol–water partition coefficient (Wildman–Crippen LogP) is 1.64. The van der Waals surface area contributed by atoms with Crippen LogP contribution in [0, 0.1) is 19.8 Å². The van der Waals surface area contributed by atoms with E-state index in [1.54, 1.807) is 24.3 Å². The summed E-state index contributed by atoms with van der Waals surface area (Å²) < 4.78 is 0. The van der Waals surface area contributed by atoms with Crippen LogP contribution in [0.1, 0.15) is 22.7 Å². The summed E-state index contributed by atoms with van der Waals surface area (Å²) in [6.45, 7) is 3.77. The molecule has 2 aliphatic rings. The zero-order valence-corrected chi connectivity index (χ0v) is 15.7. The molecule has 2 heterocycles. The number of hydrogen-bond acceptors (Lipinski definition) is 5. The molecule has 144 valence electrons. The Labute approximate surface area is 162 Å². The van der Waals surface area contributed by atoms with Crippen molar-refractivity contribution in [2.24, 2.45) is 11.7 Å². The van der Waals surface area contributed by atoms with E-state index in [1.807, 2.05) is 38.1 Å². The van der Waals surface area contributed by atoms with Crippen molar-refractivity contribution in [2.75, 3.05) is 11.4 Å². The number of primary amides is 1. The van der Waals surface area contributed by atoms with E-state index in [4.69, 9.17) is 10.6 Å². The van der Waals surface area contributed by atoms with Crippen molar-refractivity contribution in [2.45, 2.75) is 26.0 Å². The van der Waals surface area contributed by atoms with E-state index in [1.165, 1.54) is 9.96 Å². The van der Waals surface area contributed by atoms with Gasteiger partial charge >= 0.3 is 0 Å². The van der Waals surface area contributed by atoms with Crippen molar-refractivity contribution < 1.29 is 19.2 Å².